The van der Waals surface area contributed by atoms with E-state index < -0.39 is 52.5 Å². The molecular formula is C20H26F2O4. The number of allylic oxidation sites excluding steroid dienone is 2. The standard InChI is InChI=1S/C20H26F2O4/c1-8-10-13(21)15(9-2)25-18(24)16-12(20(16,6)7)11-14(22)17(23)26-19(3,4)5/h2,10-12,15-16H,8H2,1,3-7H3/b13-10-,14-11-. The van der Waals surface area contributed by atoms with Gasteiger partial charge in [-0.25, -0.2) is 9.18 Å². The first-order valence-corrected chi connectivity index (χ1v) is 8.48. The normalized spacial score (nSPS) is 23.7. The van der Waals surface area contributed by atoms with Crippen LogP contribution in [0.3, 0.4) is 0 Å². The molecule has 0 heterocycles. The van der Waals surface area contributed by atoms with Gasteiger partial charge in [-0.1, -0.05) is 26.7 Å². The molecule has 3 atom stereocenters. The van der Waals surface area contributed by atoms with Crippen LogP contribution in [0.1, 0.15) is 48.0 Å². The Morgan fingerprint density at radius 1 is 1.31 bits per heavy atom. The number of esters is 2. The minimum Gasteiger partial charge on any atom is -0.455 e. The molecule has 144 valence electrons. The van der Waals surface area contributed by atoms with E-state index in [1.807, 2.05) is 0 Å². The van der Waals surface area contributed by atoms with Gasteiger partial charge in [-0.15, -0.1) is 6.42 Å². The van der Waals surface area contributed by atoms with Crippen molar-refractivity contribution in [2.75, 3.05) is 0 Å². The summed E-state index contributed by atoms with van der Waals surface area (Å²) < 4.78 is 37.9. The van der Waals surface area contributed by atoms with E-state index in [0.717, 1.165) is 6.08 Å². The Labute approximate surface area is 153 Å². The molecule has 1 fully saturated rings. The average molecular weight is 368 g/mol. The number of ether oxygens (including phenoxy) is 2. The van der Waals surface area contributed by atoms with Crippen molar-refractivity contribution in [1.29, 1.82) is 0 Å². The van der Waals surface area contributed by atoms with Crippen molar-refractivity contribution < 1.29 is 27.8 Å². The zero-order chi connectivity index (χ0) is 20.3. The van der Waals surface area contributed by atoms with Crippen LogP contribution in [0.5, 0.6) is 0 Å². The summed E-state index contributed by atoms with van der Waals surface area (Å²) in [7, 11) is 0. The molecule has 0 amide bonds. The fraction of sp³-hybridized carbons (Fsp3) is 0.600. The minimum absolute atomic E-state index is 0.406. The van der Waals surface area contributed by atoms with Gasteiger partial charge in [0.05, 0.1) is 5.92 Å². The highest BCUT2D eigenvalue weighted by Gasteiger charge is 2.62. The van der Waals surface area contributed by atoms with Gasteiger partial charge in [0, 0.05) is 0 Å². The van der Waals surface area contributed by atoms with E-state index in [1.54, 1.807) is 41.5 Å². The summed E-state index contributed by atoms with van der Waals surface area (Å²) in [5.74, 6) is -2.82. The summed E-state index contributed by atoms with van der Waals surface area (Å²) in [5, 5.41) is 0. The average Bonchev–Trinajstić information content (AvgIpc) is 3.03. The van der Waals surface area contributed by atoms with E-state index in [0.29, 0.717) is 6.42 Å². The molecule has 3 unspecified atom stereocenters. The lowest BCUT2D eigenvalue weighted by molar-refractivity contribution is -0.152. The molecule has 1 aliphatic carbocycles. The molecule has 0 radical (unpaired) electrons. The van der Waals surface area contributed by atoms with Crippen molar-refractivity contribution in [3.05, 3.63) is 23.8 Å². The van der Waals surface area contributed by atoms with Crippen molar-refractivity contribution in [3.63, 3.8) is 0 Å². The van der Waals surface area contributed by atoms with E-state index in [9.17, 15) is 18.4 Å². The third-order valence-electron chi connectivity index (χ3n) is 4.12. The van der Waals surface area contributed by atoms with Crippen molar-refractivity contribution in [3.8, 4) is 12.3 Å². The lowest BCUT2D eigenvalue weighted by Crippen LogP contribution is -2.24. The predicted octanol–water partition coefficient (Wildman–Crippen LogP) is 4.26. The van der Waals surface area contributed by atoms with E-state index in [4.69, 9.17) is 15.9 Å². The number of hydrogen-bond donors (Lipinski definition) is 0. The third-order valence-corrected chi connectivity index (χ3v) is 4.12. The molecule has 4 nitrogen and oxygen atoms in total. The Bertz CT molecular complexity index is 662. The monoisotopic (exact) mass is 368 g/mol. The Hall–Kier alpha value is -2.16. The van der Waals surface area contributed by atoms with Gasteiger partial charge in [-0.05, 0) is 50.7 Å². The molecule has 0 aromatic carbocycles. The first kappa shape index (κ1) is 21.9. The summed E-state index contributed by atoms with van der Waals surface area (Å²) in [6, 6.07) is 0. The molecule has 1 saturated carbocycles. The second-order valence-electron chi connectivity index (χ2n) is 7.82. The summed E-state index contributed by atoms with van der Waals surface area (Å²) in [6.07, 6.45) is 6.51. The van der Waals surface area contributed by atoms with Crippen LogP contribution in [-0.2, 0) is 19.1 Å². The highest BCUT2D eigenvalue weighted by atomic mass is 19.1. The van der Waals surface area contributed by atoms with Gasteiger partial charge >= 0.3 is 11.9 Å². The van der Waals surface area contributed by atoms with Gasteiger partial charge in [-0.2, -0.15) is 4.39 Å². The second-order valence-corrected chi connectivity index (χ2v) is 7.82. The summed E-state index contributed by atoms with van der Waals surface area (Å²) >= 11 is 0. The molecular weight excluding hydrogens is 342 g/mol. The highest BCUT2D eigenvalue weighted by Crippen LogP contribution is 2.60. The Balaban J connectivity index is 2.85. The van der Waals surface area contributed by atoms with Crippen molar-refractivity contribution in [2.45, 2.75) is 59.7 Å². The molecule has 0 aliphatic heterocycles. The first-order chi connectivity index (χ1) is 11.8. The van der Waals surface area contributed by atoms with Gasteiger partial charge in [0.2, 0.25) is 11.9 Å². The zero-order valence-electron chi connectivity index (χ0n) is 16.1. The maximum atomic E-state index is 14.1. The maximum absolute atomic E-state index is 14.1. The van der Waals surface area contributed by atoms with Crippen LogP contribution >= 0.6 is 0 Å². The highest BCUT2D eigenvalue weighted by molar-refractivity contribution is 5.87. The van der Waals surface area contributed by atoms with Crippen molar-refractivity contribution in [2.24, 2.45) is 17.3 Å². The van der Waals surface area contributed by atoms with Gasteiger partial charge in [0.25, 0.3) is 0 Å². The number of terminal acetylenes is 1. The van der Waals surface area contributed by atoms with Crippen LogP contribution in [0.4, 0.5) is 8.78 Å². The van der Waals surface area contributed by atoms with Crippen molar-refractivity contribution in [1.82, 2.24) is 0 Å². The third kappa shape index (κ3) is 5.42. The van der Waals surface area contributed by atoms with E-state index >= 15 is 0 Å². The molecule has 6 heteroatoms. The van der Waals surface area contributed by atoms with Gasteiger partial charge in [0.1, 0.15) is 11.4 Å². The van der Waals surface area contributed by atoms with E-state index in [1.165, 1.54) is 6.08 Å². The Kier molecular flexibility index (Phi) is 6.76. The minimum atomic E-state index is -1.40. The number of carbonyl (C=O) groups is 2. The summed E-state index contributed by atoms with van der Waals surface area (Å²) in [5.41, 5.74) is -1.47. The molecule has 0 N–H and O–H groups in total. The largest absolute Gasteiger partial charge is 0.455 e. The molecule has 0 bridgehead atoms. The predicted molar refractivity (Wildman–Crippen MR) is 94.0 cm³/mol. The molecule has 0 aromatic heterocycles. The van der Waals surface area contributed by atoms with E-state index in [-0.39, 0.29) is 0 Å². The number of rotatable bonds is 6. The summed E-state index contributed by atoms with van der Waals surface area (Å²) in [6.45, 7) is 10.0. The van der Waals surface area contributed by atoms with Crippen LogP contribution in [0, 0.1) is 29.6 Å². The topological polar surface area (TPSA) is 52.6 Å². The summed E-state index contributed by atoms with van der Waals surface area (Å²) in [4.78, 5) is 24.0. The quantitative estimate of drug-likeness (QED) is 0.399. The Morgan fingerprint density at radius 3 is 2.35 bits per heavy atom. The number of halogens is 2. The second kappa shape index (κ2) is 8.03. The lowest BCUT2D eigenvalue weighted by atomic mass is 10.1. The first-order valence-electron chi connectivity index (χ1n) is 8.48. The molecule has 0 saturated heterocycles. The Morgan fingerprint density at radius 2 is 1.88 bits per heavy atom. The number of carbonyl (C=O) groups excluding carboxylic acids is 2. The maximum Gasteiger partial charge on any atom is 0.367 e. The van der Waals surface area contributed by atoms with Crippen LogP contribution in [0.2, 0.25) is 0 Å². The lowest BCUT2D eigenvalue weighted by Gasteiger charge is -2.18. The van der Waals surface area contributed by atoms with Gasteiger partial charge in [0.15, 0.2) is 0 Å². The van der Waals surface area contributed by atoms with E-state index in [2.05, 4.69) is 5.92 Å². The molecule has 0 spiro atoms. The molecule has 1 aliphatic rings. The molecule has 1 rings (SSSR count). The number of hydrogen-bond acceptors (Lipinski definition) is 4. The van der Waals surface area contributed by atoms with Crippen LogP contribution < -0.4 is 0 Å². The fourth-order valence-corrected chi connectivity index (χ4v) is 2.65. The smallest absolute Gasteiger partial charge is 0.367 e. The molecule has 26 heavy (non-hydrogen) atoms. The van der Waals surface area contributed by atoms with Crippen LogP contribution in [-0.4, -0.2) is 23.6 Å². The SMILES string of the molecule is C#CC(OC(=O)C1C(/C=C(\F)C(=O)OC(C)(C)C)C1(C)C)/C(F)=C/CC. The zero-order valence-corrected chi connectivity index (χ0v) is 16.1. The molecule has 0 aromatic rings. The van der Waals surface area contributed by atoms with Crippen molar-refractivity contribution >= 4 is 11.9 Å². The van der Waals surface area contributed by atoms with Gasteiger partial charge in [-0.3, -0.25) is 4.79 Å². The van der Waals surface area contributed by atoms with Gasteiger partial charge < -0.3 is 9.47 Å². The van der Waals surface area contributed by atoms with Crippen LogP contribution in [0.25, 0.3) is 0 Å². The fourth-order valence-electron chi connectivity index (χ4n) is 2.65. The van der Waals surface area contributed by atoms with Crippen LogP contribution in [0.15, 0.2) is 23.8 Å².